The molecule has 1 amide bonds. The Balaban J connectivity index is 0.00000324. The van der Waals surface area contributed by atoms with Crippen LogP contribution in [0.2, 0.25) is 0 Å². The summed E-state index contributed by atoms with van der Waals surface area (Å²) >= 11 is 0. The molecule has 0 spiro atoms. The fourth-order valence-corrected chi connectivity index (χ4v) is 2.35. The van der Waals surface area contributed by atoms with Gasteiger partial charge in [-0.05, 0) is 18.8 Å². The number of hydrogen-bond acceptors (Lipinski definition) is 3. The molecule has 5 heteroatoms. The van der Waals surface area contributed by atoms with Crippen LogP contribution in [0.1, 0.15) is 46.0 Å². The molecule has 1 saturated heterocycles. The monoisotopic (exact) mass is 292 g/mol. The van der Waals surface area contributed by atoms with Crippen molar-refractivity contribution in [1.82, 2.24) is 10.6 Å². The van der Waals surface area contributed by atoms with Gasteiger partial charge in [-0.3, -0.25) is 4.79 Å². The average molecular weight is 293 g/mol. The van der Waals surface area contributed by atoms with Gasteiger partial charge in [0, 0.05) is 13.1 Å². The molecule has 0 aromatic heterocycles. The zero-order chi connectivity index (χ0) is 13.2. The van der Waals surface area contributed by atoms with Gasteiger partial charge >= 0.3 is 0 Å². The van der Waals surface area contributed by atoms with Crippen molar-refractivity contribution in [2.45, 2.75) is 52.0 Å². The summed E-state index contributed by atoms with van der Waals surface area (Å²) in [6, 6.07) is -0.160. The van der Waals surface area contributed by atoms with Crippen molar-refractivity contribution < 1.29 is 9.53 Å². The van der Waals surface area contributed by atoms with E-state index in [2.05, 4.69) is 24.5 Å². The van der Waals surface area contributed by atoms with Crippen LogP contribution < -0.4 is 10.6 Å². The molecule has 2 unspecified atom stereocenters. The van der Waals surface area contributed by atoms with E-state index in [0.29, 0.717) is 19.1 Å². The molecule has 2 N–H and O–H groups in total. The highest BCUT2D eigenvalue weighted by atomic mass is 35.5. The molecular formula is C14H29ClN2O2. The number of ether oxygens (including phenoxy) is 1. The number of hydrogen-bond donors (Lipinski definition) is 2. The van der Waals surface area contributed by atoms with E-state index < -0.39 is 0 Å². The lowest BCUT2D eigenvalue weighted by Crippen LogP contribution is -2.51. The van der Waals surface area contributed by atoms with Crippen molar-refractivity contribution in [1.29, 1.82) is 0 Å². The van der Waals surface area contributed by atoms with E-state index in [0.717, 1.165) is 13.1 Å². The summed E-state index contributed by atoms with van der Waals surface area (Å²) in [4.78, 5) is 11.9. The lowest BCUT2D eigenvalue weighted by molar-refractivity contribution is -0.126. The minimum Gasteiger partial charge on any atom is -0.378 e. The minimum atomic E-state index is -0.160. The van der Waals surface area contributed by atoms with E-state index in [4.69, 9.17) is 4.74 Å². The second-order valence-corrected chi connectivity index (χ2v) is 5.12. The quantitative estimate of drug-likeness (QED) is 0.720. The largest absolute Gasteiger partial charge is 0.378 e. The van der Waals surface area contributed by atoms with Crippen LogP contribution in [0.3, 0.4) is 0 Å². The second kappa shape index (κ2) is 11.5. The Bertz CT molecular complexity index is 233. The number of nitrogens with one attached hydrogen (secondary N) is 2. The Kier molecular flexibility index (Phi) is 11.3. The maximum atomic E-state index is 11.9. The van der Waals surface area contributed by atoms with Gasteiger partial charge in [0.15, 0.2) is 0 Å². The number of amides is 1. The first-order chi connectivity index (χ1) is 8.77. The van der Waals surface area contributed by atoms with Crippen molar-refractivity contribution in [2.24, 2.45) is 5.92 Å². The number of carbonyl (C=O) groups excluding carboxylic acids is 1. The highest BCUT2D eigenvalue weighted by Crippen LogP contribution is 2.13. The molecule has 1 aliphatic heterocycles. The molecule has 1 rings (SSSR count). The number of rotatable bonds is 8. The molecule has 0 aromatic rings. The summed E-state index contributed by atoms with van der Waals surface area (Å²) in [5, 5.41) is 6.25. The molecule has 0 saturated carbocycles. The number of halogens is 1. The molecule has 19 heavy (non-hydrogen) atoms. The van der Waals surface area contributed by atoms with Crippen LogP contribution in [-0.4, -0.2) is 38.3 Å². The van der Waals surface area contributed by atoms with E-state index >= 15 is 0 Å². The van der Waals surface area contributed by atoms with Crippen LogP contribution in [0, 0.1) is 5.92 Å². The third-order valence-electron chi connectivity index (χ3n) is 3.47. The van der Waals surface area contributed by atoms with Gasteiger partial charge in [0.2, 0.25) is 5.91 Å². The molecule has 114 valence electrons. The molecule has 0 radical (unpaired) electrons. The van der Waals surface area contributed by atoms with Crippen molar-refractivity contribution >= 4 is 18.3 Å². The lowest BCUT2D eigenvalue weighted by atomic mass is 9.97. The molecule has 4 nitrogen and oxygen atoms in total. The lowest BCUT2D eigenvalue weighted by Gasteiger charge is -2.24. The third-order valence-corrected chi connectivity index (χ3v) is 3.47. The zero-order valence-corrected chi connectivity index (χ0v) is 13.1. The SMILES string of the molecule is CCCCC(CCC)CNC(=O)C1COCCN1.Cl. The molecule has 0 bridgehead atoms. The van der Waals surface area contributed by atoms with E-state index in [1.54, 1.807) is 0 Å². The predicted octanol–water partition coefficient (Wildman–Crippen LogP) is 2.12. The van der Waals surface area contributed by atoms with Crippen molar-refractivity contribution in [3.05, 3.63) is 0 Å². The summed E-state index contributed by atoms with van der Waals surface area (Å²) in [6.45, 7) is 7.21. The Morgan fingerprint density at radius 1 is 1.37 bits per heavy atom. The first-order valence-corrected chi connectivity index (χ1v) is 7.36. The van der Waals surface area contributed by atoms with Crippen LogP contribution in [0.4, 0.5) is 0 Å². The third kappa shape index (κ3) is 7.75. The number of carbonyl (C=O) groups is 1. The fraction of sp³-hybridized carbons (Fsp3) is 0.929. The normalized spacial score (nSPS) is 20.4. The van der Waals surface area contributed by atoms with Crippen molar-refractivity contribution in [3.63, 3.8) is 0 Å². The smallest absolute Gasteiger partial charge is 0.239 e. The summed E-state index contributed by atoms with van der Waals surface area (Å²) in [7, 11) is 0. The fourth-order valence-electron chi connectivity index (χ4n) is 2.35. The summed E-state index contributed by atoms with van der Waals surface area (Å²) in [6.07, 6.45) is 6.10. The van der Waals surface area contributed by atoms with Gasteiger partial charge in [-0.1, -0.05) is 33.1 Å². The zero-order valence-electron chi connectivity index (χ0n) is 12.2. The van der Waals surface area contributed by atoms with Gasteiger partial charge in [0.05, 0.1) is 13.2 Å². The van der Waals surface area contributed by atoms with Gasteiger partial charge in [-0.2, -0.15) is 0 Å². The Hall–Kier alpha value is -0.320. The average Bonchev–Trinajstić information content (AvgIpc) is 2.42. The van der Waals surface area contributed by atoms with Gasteiger partial charge in [0.1, 0.15) is 6.04 Å². The maximum absolute atomic E-state index is 11.9. The van der Waals surface area contributed by atoms with Crippen LogP contribution >= 0.6 is 12.4 Å². The van der Waals surface area contributed by atoms with E-state index in [1.165, 1.54) is 32.1 Å². The van der Waals surface area contributed by atoms with Crippen molar-refractivity contribution in [3.8, 4) is 0 Å². The summed E-state index contributed by atoms with van der Waals surface area (Å²) < 4.78 is 5.30. The topological polar surface area (TPSA) is 50.4 Å². The molecule has 1 heterocycles. The molecule has 0 aromatic carbocycles. The molecule has 2 atom stereocenters. The molecule has 1 aliphatic rings. The highest BCUT2D eigenvalue weighted by Gasteiger charge is 2.21. The molecule has 0 aliphatic carbocycles. The minimum absolute atomic E-state index is 0. The van der Waals surface area contributed by atoms with Crippen molar-refractivity contribution in [2.75, 3.05) is 26.3 Å². The number of unbranched alkanes of at least 4 members (excludes halogenated alkanes) is 1. The Morgan fingerprint density at radius 3 is 2.74 bits per heavy atom. The first-order valence-electron chi connectivity index (χ1n) is 7.36. The van der Waals surface area contributed by atoms with Crippen LogP contribution in [-0.2, 0) is 9.53 Å². The van der Waals surface area contributed by atoms with Gasteiger partial charge in [0.25, 0.3) is 0 Å². The Labute approximate surface area is 123 Å². The highest BCUT2D eigenvalue weighted by molar-refractivity contribution is 5.85. The standard InChI is InChI=1S/C14H28N2O2.ClH/c1-3-5-7-12(6-4-2)10-16-14(17)13-11-18-9-8-15-13;/h12-13,15H,3-11H2,1-2H3,(H,16,17);1H. The predicted molar refractivity (Wildman–Crippen MR) is 80.8 cm³/mol. The summed E-state index contributed by atoms with van der Waals surface area (Å²) in [5.74, 6) is 0.718. The number of morpholine rings is 1. The van der Waals surface area contributed by atoms with Gasteiger partial charge < -0.3 is 15.4 Å². The van der Waals surface area contributed by atoms with E-state index in [-0.39, 0.29) is 24.4 Å². The maximum Gasteiger partial charge on any atom is 0.239 e. The van der Waals surface area contributed by atoms with Crippen LogP contribution in [0.15, 0.2) is 0 Å². The van der Waals surface area contributed by atoms with Gasteiger partial charge in [-0.25, -0.2) is 0 Å². The van der Waals surface area contributed by atoms with Crippen LogP contribution in [0.25, 0.3) is 0 Å². The van der Waals surface area contributed by atoms with Gasteiger partial charge in [-0.15, -0.1) is 12.4 Å². The summed E-state index contributed by atoms with van der Waals surface area (Å²) in [5.41, 5.74) is 0. The van der Waals surface area contributed by atoms with Crippen LogP contribution in [0.5, 0.6) is 0 Å². The Morgan fingerprint density at radius 2 is 2.16 bits per heavy atom. The second-order valence-electron chi connectivity index (χ2n) is 5.12. The molecular weight excluding hydrogens is 264 g/mol. The van der Waals surface area contributed by atoms with E-state index in [9.17, 15) is 4.79 Å². The first kappa shape index (κ1) is 18.7. The van der Waals surface area contributed by atoms with E-state index in [1.807, 2.05) is 0 Å². The molecule has 1 fully saturated rings.